The highest BCUT2D eigenvalue weighted by atomic mass is 32.2. The summed E-state index contributed by atoms with van der Waals surface area (Å²) in [6, 6.07) is 2.44. The van der Waals surface area contributed by atoms with Crippen molar-refractivity contribution in [3.63, 3.8) is 0 Å². The van der Waals surface area contributed by atoms with Crippen LogP contribution in [0.25, 0.3) is 0 Å². The van der Waals surface area contributed by atoms with Crippen molar-refractivity contribution in [3.05, 3.63) is 0 Å². The Morgan fingerprint density at radius 1 is 1.24 bits per heavy atom. The van der Waals surface area contributed by atoms with Crippen molar-refractivity contribution in [2.24, 2.45) is 11.3 Å². The summed E-state index contributed by atoms with van der Waals surface area (Å²) < 4.78 is 2.48. The van der Waals surface area contributed by atoms with Crippen molar-refractivity contribution in [2.75, 3.05) is 13.1 Å². The standard InChI is InChI=1S/C14H25N2S/c1-11(2)12(10-15)17-13(14(3,4)5)16-8-6-7-9-16/h11-12H,6-9H2,1-5H3/q+1. The van der Waals surface area contributed by atoms with Crippen molar-refractivity contribution in [1.29, 1.82) is 5.26 Å². The third kappa shape index (κ3) is 4.03. The number of nitrogens with zero attached hydrogens (tertiary/aromatic N) is 2. The molecule has 0 amide bonds. The van der Waals surface area contributed by atoms with Crippen LogP contribution in [0.4, 0.5) is 0 Å². The first-order valence-electron chi connectivity index (χ1n) is 6.55. The molecule has 0 spiro atoms. The first kappa shape index (κ1) is 14.6. The topological polar surface area (TPSA) is 26.8 Å². The summed E-state index contributed by atoms with van der Waals surface area (Å²) in [6.07, 6.45) is 2.58. The Labute approximate surface area is 110 Å². The van der Waals surface area contributed by atoms with Crippen molar-refractivity contribution >= 4 is 16.8 Å². The second-order valence-corrected chi connectivity index (χ2v) is 7.29. The van der Waals surface area contributed by atoms with Crippen molar-refractivity contribution < 1.29 is 4.58 Å². The number of nitriles is 1. The summed E-state index contributed by atoms with van der Waals surface area (Å²) in [5.74, 6) is 0.407. The molecular weight excluding hydrogens is 228 g/mol. The van der Waals surface area contributed by atoms with Gasteiger partial charge < -0.3 is 0 Å². The fourth-order valence-electron chi connectivity index (χ4n) is 2.08. The van der Waals surface area contributed by atoms with Crippen LogP contribution in [0, 0.1) is 22.7 Å². The lowest BCUT2D eigenvalue weighted by Gasteiger charge is -2.22. The summed E-state index contributed by atoms with van der Waals surface area (Å²) in [7, 11) is 0. The van der Waals surface area contributed by atoms with E-state index >= 15 is 0 Å². The van der Waals surface area contributed by atoms with Gasteiger partial charge in [0.05, 0.1) is 11.5 Å². The molecule has 1 aliphatic rings. The first-order valence-corrected chi connectivity index (χ1v) is 7.43. The highest BCUT2D eigenvalue weighted by molar-refractivity contribution is 8.14. The fraction of sp³-hybridized carbons (Fsp3) is 0.857. The molecule has 96 valence electrons. The third-order valence-electron chi connectivity index (χ3n) is 3.01. The van der Waals surface area contributed by atoms with E-state index in [9.17, 15) is 5.26 Å². The summed E-state index contributed by atoms with van der Waals surface area (Å²) in [4.78, 5) is 0. The molecular formula is C14H25N2S+. The molecule has 0 aliphatic carbocycles. The number of hydrogen-bond acceptors (Lipinski definition) is 2. The zero-order valence-electron chi connectivity index (χ0n) is 11.8. The van der Waals surface area contributed by atoms with Gasteiger partial charge in [-0.15, -0.1) is 0 Å². The van der Waals surface area contributed by atoms with Gasteiger partial charge in [-0.05, 0) is 38.5 Å². The van der Waals surface area contributed by atoms with Crippen molar-refractivity contribution in [3.8, 4) is 6.07 Å². The van der Waals surface area contributed by atoms with Gasteiger partial charge in [0.25, 0.3) is 0 Å². The molecule has 3 heteroatoms. The van der Waals surface area contributed by atoms with Crippen LogP contribution >= 0.6 is 11.8 Å². The van der Waals surface area contributed by atoms with Gasteiger partial charge in [-0.2, -0.15) is 5.26 Å². The predicted octanol–water partition coefficient (Wildman–Crippen LogP) is 3.52. The molecule has 1 rings (SSSR count). The van der Waals surface area contributed by atoms with Crippen molar-refractivity contribution in [1.82, 2.24) is 0 Å². The predicted molar refractivity (Wildman–Crippen MR) is 75.5 cm³/mol. The van der Waals surface area contributed by atoms with E-state index in [0.717, 1.165) is 13.1 Å². The molecule has 0 radical (unpaired) electrons. The van der Waals surface area contributed by atoms with Gasteiger partial charge in [-0.3, -0.25) is 0 Å². The zero-order chi connectivity index (χ0) is 13.1. The molecule has 0 saturated carbocycles. The minimum atomic E-state index is 0.0739. The first-order chi connectivity index (χ1) is 7.86. The van der Waals surface area contributed by atoms with Crippen molar-refractivity contribution in [2.45, 2.75) is 52.7 Å². The van der Waals surface area contributed by atoms with E-state index in [0.29, 0.717) is 5.92 Å². The summed E-state index contributed by atoms with van der Waals surface area (Å²) in [6.45, 7) is 13.3. The average Bonchev–Trinajstić information content (AvgIpc) is 2.69. The lowest BCUT2D eigenvalue weighted by molar-refractivity contribution is -0.506. The van der Waals surface area contributed by atoms with E-state index in [1.165, 1.54) is 17.9 Å². The number of thioether (sulfide) groups is 1. The normalized spacial score (nSPS) is 18.3. The van der Waals surface area contributed by atoms with Crippen LogP contribution in [0.2, 0.25) is 0 Å². The minimum Gasteiger partial charge on any atom is -0.227 e. The molecule has 17 heavy (non-hydrogen) atoms. The van der Waals surface area contributed by atoms with Crippen LogP contribution < -0.4 is 0 Å². The van der Waals surface area contributed by atoms with E-state index in [1.54, 1.807) is 11.8 Å². The van der Waals surface area contributed by atoms with E-state index in [2.05, 4.69) is 45.3 Å². The molecule has 1 fully saturated rings. The molecule has 1 aliphatic heterocycles. The van der Waals surface area contributed by atoms with Crippen LogP contribution in [0.15, 0.2) is 0 Å². The maximum Gasteiger partial charge on any atom is 0.217 e. The Balaban J connectivity index is 2.94. The fourth-order valence-corrected chi connectivity index (χ4v) is 3.33. The SMILES string of the molecule is CC(C)C(C#N)SC(=[N+]1CCCC1)C(C)(C)C. The van der Waals surface area contributed by atoms with Gasteiger partial charge in [0.1, 0.15) is 18.3 Å². The number of rotatable bonds is 2. The maximum atomic E-state index is 9.25. The monoisotopic (exact) mass is 253 g/mol. The Morgan fingerprint density at radius 3 is 2.12 bits per heavy atom. The summed E-state index contributed by atoms with van der Waals surface area (Å²) in [5, 5.41) is 10.7. The molecule has 1 heterocycles. The van der Waals surface area contributed by atoms with E-state index in [1.807, 2.05) is 0 Å². The largest absolute Gasteiger partial charge is 0.227 e. The zero-order valence-corrected chi connectivity index (χ0v) is 12.6. The molecule has 1 saturated heterocycles. The lowest BCUT2D eigenvalue weighted by Crippen LogP contribution is -2.30. The Morgan fingerprint density at radius 2 is 1.76 bits per heavy atom. The Hall–Kier alpha value is -0.490. The van der Waals surface area contributed by atoms with Crippen LogP contribution in [-0.2, 0) is 0 Å². The molecule has 0 aromatic rings. The lowest BCUT2D eigenvalue weighted by atomic mass is 9.98. The second-order valence-electron chi connectivity index (χ2n) is 6.16. The number of hydrogen-bond donors (Lipinski definition) is 0. The molecule has 0 aromatic carbocycles. The third-order valence-corrected chi connectivity index (χ3v) is 5.00. The van der Waals surface area contributed by atoms with Crippen LogP contribution in [0.5, 0.6) is 0 Å². The molecule has 0 aromatic heterocycles. The summed E-state index contributed by atoms with van der Waals surface area (Å²) >= 11 is 1.78. The molecule has 0 N–H and O–H groups in total. The van der Waals surface area contributed by atoms with Gasteiger partial charge >= 0.3 is 0 Å². The van der Waals surface area contributed by atoms with Gasteiger partial charge in [0, 0.05) is 12.8 Å². The van der Waals surface area contributed by atoms with Gasteiger partial charge in [-0.1, -0.05) is 13.8 Å². The molecule has 1 unspecified atom stereocenters. The maximum absolute atomic E-state index is 9.25. The van der Waals surface area contributed by atoms with Gasteiger partial charge in [-0.25, -0.2) is 4.58 Å². The molecule has 2 nitrogen and oxygen atoms in total. The summed E-state index contributed by atoms with van der Waals surface area (Å²) in [5.41, 5.74) is 0.152. The minimum absolute atomic E-state index is 0.0739. The smallest absolute Gasteiger partial charge is 0.217 e. The van der Waals surface area contributed by atoms with E-state index < -0.39 is 0 Å². The Bertz CT molecular complexity index is 323. The van der Waals surface area contributed by atoms with Crippen LogP contribution in [-0.4, -0.2) is 28.0 Å². The second kappa shape index (κ2) is 5.91. The molecule has 0 bridgehead atoms. The Kier molecular flexibility index (Phi) is 5.06. The van der Waals surface area contributed by atoms with E-state index in [-0.39, 0.29) is 10.7 Å². The van der Waals surface area contributed by atoms with Gasteiger partial charge in [0.15, 0.2) is 0 Å². The highest BCUT2D eigenvalue weighted by Gasteiger charge is 2.34. The highest BCUT2D eigenvalue weighted by Crippen LogP contribution is 2.31. The van der Waals surface area contributed by atoms with Crippen LogP contribution in [0.3, 0.4) is 0 Å². The quantitative estimate of drug-likeness (QED) is 0.556. The van der Waals surface area contributed by atoms with Gasteiger partial charge in [0.2, 0.25) is 5.04 Å². The molecule has 1 atom stereocenters. The van der Waals surface area contributed by atoms with E-state index in [4.69, 9.17) is 0 Å². The van der Waals surface area contributed by atoms with Crippen LogP contribution in [0.1, 0.15) is 47.5 Å². The average molecular weight is 253 g/mol.